The summed E-state index contributed by atoms with van der Waals surface area (Å²) in [5, 5.41) is 0. The minimum Gasteiger partial charge on any atom is -0.378 e. The van der Waals surface area contributed by atoms with Gasteiger partial charge in [0.2, 0.25) is 0 Å². The van der Waals surface area contributed by atoms with Crippen molar-refractivity contribution in [2.24, 2.45) is 5.73 Å². The standard InChI is InChI=1S/C13H21N3O/c1-13(2)10-17-8-7-16(13)12(9-14)11-5-3-4-6-15-11/h3-6,12H,7-10,14H2,1-2H3. The number of nitrogens with two attached hydrogens (primary N) is 1. The normalized spacial score (nSPS) is 22.3. The van der Waals surface area contributed by atoms with Gasteiger partial charge in [0.05, 0.1) is 24.9 Å². The van der Waals surface area contributed by atoms with Gasteiger partial charge in [-0.2, -0.15) is 0 Å². The smallest absolute Gasteiger partial charge is 0.0650 e. The van der Waals surface area contributed by atoms with Crippen LogP contribution in [0.4, 0.5) is 0 Å². The summed E-state index contributed by atoms with van der Waals surface area (Å²) in [7, 11) is 0. The number of morpholine rings is 1. The summed E-state index contributed by atoms with van der Waals surface area (Å²) in [4.78, 5) is 6.83. The van der Waals surface area contributed by atoms with Gasteiger partial charge in [-0.3, -0.25) is 9.88 Å². The molecule has 1 fully saturated rings. The summed E-state index contributed by atoms with van der Waals surface area (Å²) in [5.41, 5.74) is 6.99. The lowest BCUT2D eigenvalue weighted by Gasteiger charge is -2.46. The highest BCUT2D eigenvalue weighted by molar-refractivity contribution is 5.11. The van der Waals surface area contributed by atoms with E-state index in [9.17, 15) is 0 Å². The van der Waals surface area contributed by atoms with Crippen molar-refractivity contribution < 1.29 is 4.74 Å². The van der Waals surface area contributed by atoms with Crippen molar-refractivity contribution >= 4 is 0 Å². The summed E-state index contributed by atoms with van der Waals surface area (Å²) in [6, 6.07) is 6.17. The molecule has 0 aromatic carbocycles. The van der Waals surface area contributed by atoms with E-state index in [4.69, 9.17) is 10.5 Å². The third-order valence-corrected chi connectivity index (χ3v) is 3.34. The fourth-order valence-corrected chi connectivity index (χ4v) is 2.43. The van der Waals surface area contributed by atoms with Crippen LogP contribution in [0.25, 0.3) is 0 Å². The fourth-order valence-electron chi connectivity index (χ4n) is 2.43. The molecule has 1 saturated heterocycles. The Balaban J connectivity index is 2.23. The molecule has 1 atom stereocenters. The molecule has 4 nitrogen and oxygen atoms in total. The van der Waals surface area contributed by atoms with Crippen molar-refractivity contribution in [3.8, 4) is 0 Å². The van der Waals surface area contributed by atoms with E-state index in [0.717, 1.165) is 25.5 Å². The fraction of sp³-hybridized carbons (Fsp3) is 0.615. The number of pyridine rings is 1. The van der Waals surface area contributed by atoms with Crippen LogP contribution in [0, 0.1) is 0 Å². The molecule has 0 bridgehead atoms. The number of ether oxygens (including phenoxy) is 1. The van der Waals surface area contributed by atoms with E-state index >= 15 is 0 Å². The molecule has 1 unspecified atom stereocenters. The molecule has 1 aromatic heterocycles. The van der Waals surface area contributed by atoms with Crippen molar-refractivity contribution in [3.05, 3.63) is 30.1 Å². The predicted octanol–water partition coefficient (Wildman–Crippen LogP) is 1.19. The molecule has 2 N–H and O–H groups in total. The van der Waals surface area contributed by atoms with E-state index in [2.05, 4.69) is 23.7 Å². The highest BCUT2D eigenvalue weighted by Gasteiger charge is 2.35. The monoisotopic (exact) mass is 235 g/mol. The summed E-state index contributed by atoms with van der Waals surface area (Å²) >= 11 is 0. The summed E-state index contributed by atoms with van der Waals surface area (Å²) in [6.45, 7) is 7.39. The lowest BCUT2D eigenvalue weighted by atomic mass is 9.98. The Morgan fingerprint density at radius 3 is 2.94 bits per heavy atom. The largest absolute Gasteiger partial charge is 0.378 e. The van der Waals surface area contributed by atoms with E-state index in [0.29, 0.717) is 6.54 Å². The first-order valence-electron chi connectivity index (χ1n) is 6.10. The summed E-state index contributed by atoms with van der Waals surface area (Å²) in [5.74, 6) is 0. The summed E-state index contributed by atoms with van der Waals surface area (Å²) in [6.07, 6.45) is 1.82. The van der Waals surface area contributed by atoms with Gasteiger partial charge in [0, 0.05) is 24.8 Å². The van der Waals surface area contributed by atoms with E-state index in [-0.39, 0.29) is 11.6 Å². The zero-order valence-electron chi connectivity index (χ0n) is 10.6. The van der Waals surface area contributed by atoms with Crippen molar-refractivity contribution in [3.63, 3.8) is 0 Å². The van der Waals surface area contributed by atoms with Crippen molar-refractivity contribution in [2.75, 3.05) is 26.3 Å². The Hall–Kier alpha value is -0.970. The van der Waals surface area contributed by atoms with Gasteiger partial charge in [0.1, 0.15) is 0 Å². The topological polar surface area (TPSA) is 51.4 Å². The maximum atomic E-state index is 5.93. The zero-order chi connectivity index (χ0) is 12.3. The Bertz CT molecular complexity index is 353. The molecule has 1 aliphatic heterocycles. The molecular formula is C13H21N3O. The van der Waals surface area contributed by atoms with Crippen LogP contribution in [-0.2, 0) is 4.74 Å². The van der Waals surface area contributed by atoms with Crippen LogP contribution in [0.2, 0.25) is 0 Å². The van der Waals surface area contributed by atoms with Crippen molar-refractivity contribution in [1.29, 1.82) is 0 Å². The first kappa shape index (κ1) is 12.5. The second-order valence-electron chi connectivity index (χ2n) is 5.06. The van der Waals surface area contributed by atoms with Gasteiger partial charge >= 0.3 is 0 Å². The Kier molecular flexibility index (Phi) is 3.76. The van der Waals surface area contributed by atoms with Crippen LogP contribution in [-0.4, -0.2) is 41.7 Å². The Morgan fingerprint density at radius 2 is 2.35 bits per heavy atom. The van der Waals surface area contributed by atoms with Gasteiger partial charge in [0.25, 0.3) is 0 Å². The highest BCUT2D eigenvalue weighted by Crippen LogP contribution is 2.28. The average molecular weight is 235 g/mol. The average Bonchev–Trinajstić information content (AvgIpc) is 2.33. The molecule has 0 amide bonds. The van der Waals surface area contributed by atoms with Gasteiger partial charge in [-0.1, -0.05) is 6.07 Å². The van der Waals surface area contributed by atoms with Crippen LogP contribution >= 0.6 is 0 Å². The second-order valence-corrected chi connectivity index (χ2v) is 5.06. The number of aromatic nitrogens is 1. The minimum absolute atomic E-state index is 0.0137. The minimum atomic E-state index is 0.0137. The Morgan fingerprint density at radius 1 is 1.53 bits per heavy atom. The molecule has 17 heavy (non-hydrogen) atoms. The SMILES string of the molecule is CC1(C)COCCN1C(CN)c1ccccn1. The van der Waals surface area contributed by atoms with Gasteiger partial charge in [-0.15, -0.1) is 0 Å². The molecular weight excluding hydrogens is 214 g/mol. The van der Waals surface area contributed by atoms with E-state index in [1.54, 1.807) is 0 Å². The third-order valence-electron chi connectivity index (χ3n) is 3.34. The molecule has 0 saturated carbocycles. The summed E-state index contributed by atoms with van der Waals surface area (Å²) < 4.78 is 5.54. The molecule has 0 radical (unpaired) electrons. The van der Waals surface area contributed by atoms with Crippen LogP contribution in [0.1, 0.15) is 25.6 Å². The first-order chi connectivity index (χ1) is 8.15. The predicted molar refractivity (Wildman–Crippen MR) is 67.6 cm³/mol. The molecule has 0 spiro atoms. The molecule has 1 aliphatic rings. The molecule has 2 rings (SSSR count). The highest BCUT2D eigenvalue weighted by atomic mass is 16.5. The van der Waals surface area contributed by atoms with Crippen LogP contribution in [0.15, 0.2) is 24.4 Å². The molecule has 4 heteroatoms. The molecule has 94 valence electrons. The quantitative estimate of drug-likeness (QED) is 0.855. The maximum Gasteiger partial charge on any atom is 0.0650 e. The number of hydrogen-bond acceptors (Lipinski definition) is 4. The number of rotatable bonds is 3. The zero-order valence-corrected chi connectivity index (χ0v) is 10.6. The molecule has 2 heterocycles. The lowest BCUT2D eigenvalue weighted by Crippen LogP contribution is -2.55. The maximum absolute atomic E-state index is 5.93. The van der Waals surface area contributed by atoms with Crippen LogP contribution in [0.5, 0.6) is 0 Å². The first-order valence-corrected chi connectivity index (χ1v) is 6.10. The number of hydrogen-bond donors (Lipinski definition) is 1. The van der Waals surface area contributed by atoms with Crippen molar-refractivity contribution in [2.45, 2.75) is 25.4 Å². The van der Waals surface area contributed by atoms with E-state index in [1.165, 1.54) is 0 Å². The van der Waals surface area contributed by atoms with Gasteiger partial charge < -0.3 is 10.5 Å². The van der Waals surface area contributed by atoms with Gasteiger partial charge in [-0.25, -0.2) is 0 Å². The van der Waals surface area contributed by atoms with E-state index < -0.39 is 0 Å². The van der Waals surface area contributed by atoms with Crippen molar-refractivity contribution in [1.82, 2.24) is 9.88 Å². The Labute approximate surface area is 103 Å². The molecule has 0 aliphatic carbocycles. The lowest BCUT2D eigenvalue weighted by molar-refractivity contribution is -0.0719. The third kappa shape index (κ3) is 2.65. The van der Waals surface area contributed by atoms with Crippen LogP contribution < -0.4 is 5.73 Å². The van der Waals surface area contributed by atoms with Gasteiger partial charge in [-0.05, 0) is 26.0 Å². The van der Waals surface area contributed by atoms with Gasteiger partial charge in [0.15, 0.2) is 0 Å². The van der Waals surface area contributed by atoms with E-state index in [1.807, 2.05) is 24.4 Å². The molecule has 1 aromatic rings. The van der Waals surface area contributed by atoms with Crippen LogP contribution in [0.3, 0.4) is 0 Å². The second kappa shape index (κ2) is 5.12. The number of nitrogens with zero attached hydrogens (tertiary/aromatic N) is 2.